The third kappa shape index (κ3) is 5.39. The van der Waals surface area contributed by atoms with Gasteiger partial charge >= 0.3 is 0 Å². The second-order valence-electron chi connectivity index (χ2n) is 7.93. The largest absolute Gasteiger partial charge is 0.304 e. The van der Waals surface area contributed by atoms with E-state index >= 15 is 0 Å². The first-order valence-corrected chi connectivity index (χ1v) is 6.65. The molecule has 2 nitrogen and oxygen atoms in total. The van der Waals surface area contributed by atoms with Gasteiger partial charge in [-0.05, 0) is 74.1 Å². The summed E-state index contributed by atoms with van der Waals surface area (Å²) in [5.74, 6) is 0. The van der Waals surface area contributed by atoms with Crippen molar-refractivity contribution in [2.45, 2.75) is 65.5 Å². The Balaban J connectivity index is 4.71. The Bertz CT molecular complexity index is 213. The predicted molar refractivity (Wildman–Crippen MR) is 78.5 cm³/mol. The van der Waals surface area contributed by atoms with E-state index in [0.717, 1.165) is 0 Å². The molecule has 0 radical (unpaired) electrons. The van der Waals surface area contributed by atoms with Crippen molar-refractivity contribution in [2.24, 2.45) is 5.41 Å². The van der Waals surface area contributed by atoms with Crippen LogP contribution in [-0.2, 0) is 0 Å². The Hall–Kier alpha value is -0.0800. The van der Waals surface area contributed by atoms with Crippen LogP contribution in [0.5, 0.6) is 0 Å². The summed E-state index contributed by atoms with van der Waals surface area (Å²) in [4.78, 5) is 4.66. The molecule has 0 aliphatic rings. The molecule has 0 aromatic heterocycles. The quantitative estimate of drug-likeness (QED) is 0.703. The highest BCUT2D eigenvalue weighted by Crippen LogP contribution is 2.38. The zero-order valence-corrected chi connectivity index (χ0v) is 13.8. The van der Waals surface area contributed by atoms with Crippen LogP contribution in [-0.4, -0.2) is 49.1 Å². The molecule has 0 amide bonds. The van der Waals surface area contributed by atoms with Crippen molar-refractivity contribution in [1.29, 1.82) is 0 Å². The summed E-state index contributed by atoms with van der Waals surface area (Å²) in [7, 11) is 8.70. The molecule has 0 saturated carbocycles. The van der Waals surface area contributed by atoms with Gasteiger partial charge in [0.15, 0.2) is 0 Å². The SMILES string of the molecule is CN(C)C(C)(C)CC(C)(C)CC(C)(C)N(C)C. The lowest BCUT2D eigenvalue weighted by atomic mass is 9.72. The summed E-state index contributed by atoms with van der Waals surface area (Å²) in [5.41, 5.74) is 0.860. The average molecular weight is 242 g/mol. The number of hydrogen-bond donors (Lipinski definition) is 0. The minimum absolute atomic E-state index is 0.256. The Morgan fingerprint density at radius 3 is 1.00 bits per heavy atom. The van der Waals surface area contributed by atoms with Crippen LogP contribution in [0, 0.1) is 5.41 Å². The van der Waals surface area contributed by atoms with Crippen molar-refractivity contribution in [3.05, 3.63) is 0 Å². The normalized spacial score (nSPS) is 14.8. The van der Waals surface area contributed by atoms with Gasteiger partial charge in [-0.15, -0.1) is 0 Å². The summed E-state index contributed by atoms with van der Waals surface area (Å²) in [5, 5.41) is 0. The van der Waals surface area contributed by atoms with Crippen LogP contribution in [0.1, 0.15) is 54.4 Å². The van der Waals surface area contributed by atoms with E-state index in [1.807, 2.05) is 0 Å². The molecular formula is C15H34N2. The van der Waals surface area contributed by atoms with E-state index in [4.69, 9.17) is 0 Å². The highest BCUT2D eigenvalue weighted by Gasteiger charge is 2.35. The second kappa shape index (κ2) is 5.27. The molecule has 0 aromatic carbocycles. The van der Waals surface area contributed by atoms with Crippen molar-refractivity contribution in [2.75, 3.05) is 28.2 Å². The van der Waals surface area contributed by atoms with Gasteiger partial charge < -0.3 is 9.80 Å². The predicted octanol–water partition coefficient (Wildman–Crippen LogP) is 3.47. The minimum atomic E-state index is 0.256. The van der Waals surface area contributed by atoms with E-state index in [2.05, 4.69) is 79.5 Å². The smallest absolute Gasteiger partial charge is 0.0152 e. The van der Waals surface area contributed by atoms with Crippen LogP contribution in [0.3, 0.4) is 0 Å². The fourth-order valence-corrected chi connectivity index (χ4v) is 2.72. The summed E-state index contributed by atoms with van der Waals surface area (Å²) in [6, 6.07) is 0. The van der Waals surface area contributed by atoms with E-state index in [-0.39, 0.29) is 11.1 Å². The molecule has 0 aromatic rings. The zero-order valence-electron chi connectivity index (χ0n) is 13.8. The van der Waals surface area contributed by atoms with Crippen LogP contribution in [0.4, 0.5) is 0 Å². The number of rotatable bonds is 6. The molecule has 0 aliphatic heterocycles. The monoisotopic (exact) mass is 242 g/mol. The molecule has 0 heterocycles. The third-order valence-corrected chi connectivity index (χ3v) is 4.24. The van der Waals surface area contributed by atoms with Crippen LogP contribution in [0.25, 0.3) is 0 Å². The first-order chi connectivity index (χ1) is 7.30. The minimum Gasteiger partial charge on any atom is -0.304 e. The van der Waals surface area contributed by atoms with Gasteiger partial charge in [0.25, 0.3) is 0 Å². The Kier molecular flexibility index (Phi) is 5.25. The summed E-state index contributed by atoms with van der Waals surface area (Å²) < 4.78 is 0. The molecule has 0 N–H and O–H groups in total. The second-order valence-corrected chi connectivity index (χ2v) is 7.93. The molecule has 0 atom stereocenters. The van der Waals surface area contributed by atoms with E-state index < -0.39 is 0 Å². The molecule has 0 spiro atoms. The average Bonchev–Trinajstić information content (AvgIpc) is 1.98. The lowest BCUT2D eigenvalue weighted by molar-refractivity contribution is 0.0671. The maximum absolute atomic E-state index is 2.39. The molecule has 104 valence electrons. The van der Waals surface area contributed by atoms with E-state index in [1.165, 1.54) is 12.8 Å². The van der Waals surface area contributed by atoms with Crippen molar-refractivity contribution >= 4 is 0 Å². The van der Waals surface area contributed by atoms with Gasteiger partial charge in [0.2, 0.25) is 0 Å². The third-order valence-electron chi connectivity index (χ3n) is 4.24. The fraction of sp³-hybridized carbons (Fsp3) is 1.00. The maximum Gasteiger partial charge on any atom is 0.0152 e. The van der Waals surface area contributed by atoms with E-state index in [1.54, 1.807) is 0 Å². The van der Waals surface area contributed by atoms with Crippen molar-refractivity contribution in [3.8, 4) is 0 Å². The molecule has 0 fully saturated rings. The lowest BCUT2D eigenvalue weighted by Crippen LogP contribution is -2.46. The molecule has 0 rings (SSSR count). The topological polar surface area (TPSA) is 6.48 Å². The van der Waals surface area contributed by atoms with E-state index in [0.29, 0.717) is 5.41 Å². The molecule has 17 heavy (non-hydrogen) atoms. The summed E-state index contributed by atoms with van der Waals surface area (Å²) in [6.07, 6.45) is 2.43. The summed E-state index contributed by atoms with van der Waals surface area (Å²) >= 11 is 0. The van der Waals surface area contributed by atoms with Crippen molar-refractivity contribution in [3.63, 3.8) is 0 Å². The fourth-order valence-electron chi connectivity index (χ4n) is 2.72. The lowest BCUT2D eigenvalue weighted by Gasteiger charge is -2.44. The first kappa shape index (κ1) is 16.9. The van der Waals surface area contributed by atoms with Gasteiger partial charge in [0.05, 0.1) is 0 Å². The van der Waals surface area contributed by atoms with Gasteiger partial charge in [-0.3, -0.25) is 0 Å². The molecule has 0 saturated heterocycles. The van der Waals surface area contributed by atoms with Crippen LogP contribution in [0.2, 0.25) is 0 Å². The Labute approximate surface area is 109 Å². The molecule has 0 bridgehead atoms. The zero-order chi connectivity index (χ0) is 14.1. The molecular weight excluding hydrogens is 208 g/mol. The standard InChI is InChI=1S/C15H34N2/c1-13(2,11-14(3,4)16(7)8)12-15(5,6)17(9)10/h11-12H2,1-10H3. The van der Waals surface area contributed by atoms with Gasteiger partial charge in [-0.25, -0.2) is 0 Å². The van der Waals surface area contributed by atoms with Crippen LogP contribution < -0.4 is 0 Å². The molecule has 0 unspecified atom stereocenters. The first-order valence-electron chi connectivity index (χ1n) is 6.65. The van der Waals surface area contributed by atoms with Gasteiger partial charge in [-0.1, -0.05) is 13.8 Å². The molecule has 0 aliphatic carbocycles. The van der Waals surface area contributed by atoms with Crippen LogP contribution >= 0.6 is 0 Å². The highest BCUT2D eigenvalue weighted by atomic mass is 15.1. The Morgan fingerprint density at radius 2 is 0.824 bits per heavy atom. The highest BCUT2D eigenvalue weighted by molar-refractivity contribution is 4.91. The van der Waals surface area contributed by atoms with Gasteiger partial charge in [-0.2, -0.15) is 0 Å². The Morgan fingerprint density at radius 1 is 0.588 bits per heavy atom. The van der Waals surface area contributed by atoms with Gasteiger partial charge in [0.1, 0.15) is 0 Å². The number of nitrogens with zero attached hydrogens (tertiary/aromatic N) is 2. The molecule has 2 heteroatoms. The van der Waals surface area contributed by atoms with Crippen LogP contribution in [0.15, 0.2) is 0 Å². The summed E-state index contributed by atoms with van der Waals surface area (Å²) in [6.45, 7) is 14.1. The van der Waals surface area contributed by atoms with Crippen molar-refractivity contribution in [1.82, 2.24) is 9.80 Å². The van der Waals surface area contributed by atoms with Gasteiger partial charge in [0, 0.05) is 11.1 Å². The number of hydrogen-bond acceptors (Lipinski definition) is 2. The van der Waals surface area contributed by atoms with E-state index in [9.17, 15) is 0 Å². The maximum atomic E-state index is 2.39. The van der Waals surface area contributed by atoms with Crippen molar-refractivity contribution < 1.29 is 0 Å².